The van der Waals surface area contributed by atoms with Gasteiger partial charge in [0.25, 0.3) is 0 Å². The predicted octanol–water partition coefficient (Wildman–Crippen LogP) is 2.41. The van der Waals surface area contributed by atoms with Crippen LogP contribution in [0.1, 0.15) is 36.1 Å². The largest absolute Gasteiger partial charge is 0.378 e. The van der Waals surface area contributed by atoms with Gasteiger partial charge >= 0.3 is 0 Å². The van der Waals surface area contributed by atoms with Crippen molar-refractivity contribution in [3.63, 3.8) is 0 Å². The molecule has 0 spiro atoms. The molecule has 0 aromatic heterocycles. The molecule has 2 unspecified atom stereocenters. The minimum Gasteiger partial charge on any atom is -0.378 e. The maximum atomic E-state index is 6.06. The van der Waals surface area contributed by atoms with Crippen LogP contribution in [0.25, 0.3) is 0 Å². The lowest BCUT2D eigenvalue weighted by Gasteiger charge is -2.40. The van der Waals surface area contributed by atoms with Crippen molar-refractivity contribution >= 4 is 0 Å². The van der Waals surface area contributed by atoms with Gasteiger partial charge in [0, 0.05) is 25.2 Å². The van der Waals surface area contributed by atoms with Gasteiger partial charge in [0.2, 0.25) is 0 Å². The summed E-state index contributed by atoms with van der Waals surface area (Å²) in [4.78, 5) is 2.52. The number of hydrogen-bond acceptors (Lipinski definition) is 3. The summed E-state index contributed by atoms with van der Waals surface area (Å²) in [5, 5.41) is 0. The highest BCUT2D eigenvalue weighted by Gasteiger charge is 2.28. The Labute approximate surface area is 116 Å². The zero-order valence-electron chi connectivity index (χ0n) is 12.4. The molecule has 1 aliphatic rings. The monoisotopic (exact) mass is 262 g/mol. The summed E-state index contributed by atoms with van der Waals surface area (Å²) in [5.74, 6) is 0. The van der Waals surface area contributed by atoms with Crippen LogP contribution in [0.4, 0.5) is 0 Å². The summed E-state index contributed by atoms with van der Waals surface area (Å²) >= 11 is 0. The van der Waals surface area contributed by atoms with E-state index in [4.69, 9.17) is 10.5 Å². The van der Waals surface area contributed by atoms with E-state index in [0.29, 0.717) is 18.6 Å². The van der Waals surface area contributed by atoms with Crippen LogP contribution in [0.5, 0.6) is 0 Å². The second-order valence-electron chi connectivity index (χ2n) is 5.47. The number of rotatable bonds is 4. The van der Waals surface area contributed by atoms with E-state index in [-0.39, 0.29) is 0 Å². The number of morpholine rings is 1. The van der Waals surface area contributed by atoms with E-state index >= 15 is 0 Å². The summed E-state index contributed by atoms with van der Waals surface area (Å²) in [6, 6.07) is 7.52. The van der Waals surface area contributed by atoms with Gasteiger partial charge in [-0.05, 0) is 37.0 Å². The number of aryl methyl sites for hydroxylation is 2. The predicted molar refractivity (Wildman–Crippen MR) is 79.3 cm³/mol. The Kier molecular flexibility index (Phi) is 4.97. The summed E-state index contributed by atoms with van der Waals surface area (Å²) < 4.78 is 5.59. The molecule has 19 heavy (non-hydrogen) atoms. The minimum atomic E-state index is 0.313. The molecule has 1 aromatic rings. The van der Waals surface area contributed by atoms with Crippen LogP contribution >= 0.6 is 0 Å². The Morgan fingerprint density at radius 2 is 2.16 bits per heavy atom. The molecule has 3 heteroatoms. The third-order valence-corrected chi connectivity index (χ3v) is 4.28. The first kappa shape index (κ1) is 14.5. The SMILES string of the molecule is CCC1COCCN1C(CN)c1ccc(C)c(C)c1. The van der Waals surface area contributed by atoms with Crippen LogP contribution < -0.4 is 5.73 Å². The Morgan fingerprint density at radius 3 is 2.79 bits per heavy atom. The number of nitrogens with two attached hydrogens (primary N) is 1. The molecule has 0 aliphatic carbocycles. The quantitative estimate of drug-likeness (QED) is 0.905. The zero-order valence-corrected chi connectivity index (χ0v) is 12.4. The van der Waals surface area contributed by atoms with Crippen LogP contribution in [0.3, 0.4) is 0 Å². The second kappa shape index (κ2) is 6.51. The molecule has 3 nitrogen and oxygen atoms in total. The molecule has 0 amide bonds. The van der Waals surface area contributed by atoms with Gasteiger partial charge in [-0.15, -0.1) is 0 Å². The summed E-state index contributed by atoms with van der Waals surface area (Å²) in [6.45, 7) is 9.84. The first-order valence-electron chi connectivity index (χ1n) is 7.28. The molecule has 1 aliphatic heterocycles. The van der Waals surface area contributed by atoms with Gasteiger partial charge in [-0.3, -0.25) is 4.90 Å². The lowest BCUT2D eigenvalue weighted by Crippen LogP contribution is -2.48. The molecule has 2 rings (SSSR count). The molecular weight excluding hydrogens is 236 g/mol. The van der Waals surface area contributed by atoms with Crippen LogP contribution in [0.15, 0.2) is 18.2 Å². The van der Waals surface area contributed by atoms with Crippen molar-refractivity contribution in [2.24, 2.45) is 5.73 Å². The van der Waals surface area contributed by atoms with E-state index in [2.05, 4.69) is 43.9 Å². The van der Waals surface area contributed by atoms with Gasteiger partial charge in [0.05, 0.1) is 13.2 Å². The molecule has 0 saturated carbocycles. The summed E-state index contributed by atoms with van der Waals surface area (Å²) in [6.07, 6.45) is 1.11. The van der Waals surface area contributed by atoms with Crippen molar-refractivity contribution in [3.05, 3.63) is 34.9 Å². The van der Waals surface area contributed by atoms with Crippen molar-refractivity contribution in [2.45, 2.75) is 39.3 Å². The fourth-order valence-electron chi connectivity index (χ4n) is 2.87. The van der Waals surface area contributed by atoms with Gasteiger partial charge in [-0.1, -0.05) is 25.1 Å². The highest BCUT2D eigenvalue weighted by Crippen LogP contribution is 2.26. The maximum absolute atomic E-state index is 6.06. The molecule has 1 aromatic carbocycles. The van der Waals surface area contributed by atoms with Crippen LogP contribution in [0.2, 0.25) is 0 Å². The highest BCUT2D eigenvalue weighted by atomic mass is 16.5. The average molecular weight is 262 g/mol. The smallest absolute Gasteiger partial charge is 0.0622 e. The van der Waals surface area contributed by atoms with E-state index in [1.165, 1.54) is 16.7 Å². The Balaban J connectivity index is 2.24. The van der Waals surface area contributed by atoms with Crippen molar-refractivity contribution in [3.8, 4) is 0 Å². The normalized spacial score (nSPS) is 22.4. The lowest BCUT2D eigenvalue weighted by molar-refractivity contribution is -0.0291. The molecular formula is C16H26N2O. The van der Waals surface area contributed by atoms with Gasteiger partial charge in [0.15, 0.2) is 0 Å². The topological polar surface area (TPSA) is 38.5 Å². The average Bonchev–Trinajstić information content (AvgIpc) is 2.44. The number of nitrogens with zero attached hydrogens (tertiary/aromatic N) is 1. The molecule has 2 N–H and O–H groups in total. The first-order valence-corrected chi connectivity index (χ1v) is 7.28. The standard InChI is InChI=1S/C16H26N2O/c1-4-15-11-19-8-7-18(15)16(10-17)14-6-5-12(2)13(3)9-14/h5-6,9,15-16H,4,7-8,10-11,17H2,1-3H3. The van der Waals surface area contributed by atoms with Gasteiger partial charge in [-0.2, -0.15) is 0 Å². The van der Waals surface area contributed by atoms with Crippen molar-refractivity contribution in [1.82, 2.24) is 4.90 Å². The Hall–Kier alpha value is -0.900. The van der Waals surface area contributed by atoms with Crippen LogP contribution in [-0.2, 0) is 4.74 Å². The van der Waals surface area contributed by atoms with Gasteiger partial charge in [-0.25, -0.2) is 0 Å². The molecule has 0 bridgehead atoms. The number of ether oxygens (including phenoxy) is 1. The Morgan fingerprint density at radius 1 is 1.37 bits per heavy atom. The summed E-state index contributed by atoms with van der Waals surface area (Å²) in [5.41, 5.74) is 10.1. The molecule has 1 fully saturated rings. The third-order valence-electron chi connectivity index (χ3n) is 4.28. The first-order chi connectivity index (χ1) is 9.17. The van der Waals surface area contributed by atoms with Crippen molar-refractivity contribution < 1.29 is 4.74 Å². The second-order valence-corrected chi connectivity index (χ2v) is 5.47. The van der Waals surface area contributed by atoms with E-state index in [1.54, 1.807) is 0 Å². The third kappa shape index (κ3) is 3.16. The highest BCUT2D eigenvalue weighted by molar-refractivity contribution is 5.32. The van der Waals surface area contributed by atoms with Crippen LogP contribution in [0, 0.1) is 13.8 Å². The fourth-order valence-corrected chi connectivity index (χ4v) is 2.87. The minimum absolute atomic E-state index is 0.313. The molecule has 1 saturated heterocycles. The molecule has 106 valence electrons. The lowest BCUT2D eigenvalue weighted by atomic mass is 9.98. The van der Waals surface area contributed by atoms with Crippen molar-refractivity contribution in [2.75, 3.05) is 26.3 Å². The van der Waals surface area contributed by atoms with E-state index < -0.39 is 0 Å². The van der Waals surface area contributed by atoms with E-state index in [1.807, 2.05) is 0 Å². The molecule has 1 heterocycles. The molecule has 2 atom stereocenters. The van der Waals surface area contributed by atoms with E-state index in [9.17, 15) is 0 Å². The van der Waals surface area contributed by atoms with Crippen LogP contribution in [-0.4, -0.2) is 37.2 Å². The fraction of sp³-hybridized carbons (Fsp3) is 0.625. The van der Waals surface area contributed by atoms with Gasteiger partial charge in [0.1, 0.15) is 0 Å². The van der Waals surface area contributed by atoms with Crippen molar-refractivity contribution in [1.29, 1.82) is 0 Å². The van der Waals surface area contributed by atoms with E-state index in [0.717, 1.165) is 26.2 Å². The number of hydrogen-bond donors (Lipinski definition) is 1. The van der Waals surface area contributed by atoms with Gasteiger partial charge < -0.3 is 10.5 Å². The Bertz CT molecular complexity index is 419. The molecule has 0 radical (unpaired) electrons. The summed E-state index contributed by atoms with van der Waals surface area (Å²) in [7, 11) is 0. The number of benzene rings is 1. The zero-order chi connectivity index (χ0) is 13.8. The maximum Gasteiger partial charge on any atom is 0.0622 e.